The number of carboxylic acids is 1. The fourth-order valence-corrected chi connectivity index (χ4v) is 8.67. The summed E-state index contributed by atoms with van der Waals surface area (Å²) in [5.41, 5.74) is 75.9. The smallest absolute Gasteiger partial charge is 0.306 e. The van der Waals surface area contributed by atoms with Crippen molar-refractivity contribution in [3.05, 3.63) is 0 Å². The van der Waals surface area contributed by atoms with E-state index < -0.39 is 42.1 Å². The summed E-state index contributed by atoms with van der Waals surface area (Å²) in [7, 11) is 0. The van der Waals surface area contributed by atoms with E-state index in [1.54, 1.807) is 6.92 Å². The number of carbonyl (C=O) groups is 6. The van der Waals surface area contributed by atoms with Crippen molar-refractivity contribution in [2.75, 3.05) is 39.3 Å². The Morgan fingerprint density at radius 1 is 0.345 bits per heavy atom. The highest BCUT2D eigenvalue weighted by molar-refractivity contribution is 7.80. The third-order valence-electron chi connectivity index (χ3n) is 12.5. The summed E-state index contributed by atoms with van der Waals surface area (Å²) in [4.78, 5) is 68.1. The third kappa shape index (κ3) is 62.5. The lowest BCUT2D eigenvalue weighted by Gasteiger charge is -2.18. The highest BCUT2D eigenvalue weighted by atomic mass is 32.1. The number of rotatable bonds is 37. The molecule has 0 aromatic carbocycles. The maximum absolute atomic E-state index is 11.6. The van der Waals surface area contributed by atoms with Crippen LogP contribution in [0.3, 0.4) is 0 Å². The van der Waals surface area contributed by atoms with Crippen molar-refractivity contribution in [3.63, 3.8) is 0 Å². The number of hydrogen-bond donors (Lipinski definition) is 15. The van der Waals surface area contributed by atoms with Crippen LogP contribution in [0, 0.1) is 59.2 Å². The first kappa shape index (κ1) is 95.1. The number of thiocarbonyl (C=S) groups is 2. The van der Waals surface area contributed by atoms with Crippen LogP contribution in [0.2, 0.25) is 0 Å². The van der Waals surface area contributed by atoms with Gasteiger partial charge >= 0.3 is 5.97 Å². The van der Waals surface area contributed by atoms with Crippen molar-refractivity contribution in [3.8, 4) is 0 Å². The van der Waals surface area contributed by atoms with Gasteiger partial charge in [-0.25, -0.2) is 0 Å². The lowest BCUT2D eigenvalue weighted by atomic mass is 9.91. The van der Waals surface area contributed by atoms with E-state index in [1.165, 1.54) is 6.42 Å². The maximum atomic E-state index is 11.6. The molecular weight excluding hydrogens is 1100 g/mol. The van der Waals surface area contributed by atoms with Gasteiger partial charge in [0.05, 0.1) is 36.1 Å². The van der Waals surface area contributed by atoms with E-state index in [2.05, 4.69) is 62.3 Å². The van der Waals surface area contributed by atoms with E-state index >= 15 is 0 Å². The van der Waals surface area contributed by atoms with E-state index in [9.17, 15) is 28.8 Å². The van der Waals surface area contributed by atoms with Gasteiger partial charge in [0, 0.05) is 99.2 Å². The number of ketones is 5. The molecule has 0 radical (unpaired) electrons. The van der Waals surface area contributed by atoms with Gasteiger partial charge in [0.2, 0.25) is 0 Å². The molecule has 0 spiro atoms. The molecule has 12 atom stereocenters. The average Bonchev–Trinajstić information content (AvgIpc) is 3.39. The van der Waals surface area contributed by atoms with Gasteiger partial charge in [-0.15, -0.1) is 0 Å². The normalized spacial score (nSPS) is 15.2. The fraction of sp³-hybridized carbons (Fsp3) is 0.869. The molecule has 84 heavy (non-hydrogen) atoms. The average molecular weight is 1240 g/mol. The van der Waals surface area contributed by atoms with Gasteiger partial charge in [-0.05, 0) is 105 Å². The van der Waals surface area contributed by atoms with Crippen LogP contribution in [-0.2, 0) is 28.8 Å². The second-order valence-electron chi connectivity index (χ2n) is 25.3. The number of Topliss-reactive ketones (excluding diaryl/α,β-unsaturated/α-hetero) is 5. The summed E-state index contributed by atoms with van der Waals surface area (Å²) in [5, 5.41) is 8.99. The number of hydrogen-bond acceptors (Lipinski definition) is 22. The fourth-order valence-electron chi connectivity index (χ4n) is 7.99. The lowest BCUT2D eigenvalue weighted by Crippen LogP contribution is -2.45. The SMILES string of the molecule is CC(C)CC(=O)[C@@H](N)CN.CC(C)CC(=O)[C@H](N)CN.CC(C)C[C@@H](C)CC(=O)[C@@H](N)CN.CC(C)C[C@@H](C)CC(=O)[C@@H](N)[C@H](C)N.CC(C)C[C@@H](C)CC(=S)[C@@H](N)CN.CC(C)C[C@H](CC(=S)[C@@H](N)CN)C(=O)O.CCCC(=O)[C@@H](N)CN. The maximum Gasteiger partial charge on any atom is 0.306 e. The van der Waals surface area contributed by atoms with Crippen molar-refractivity contribution in [2.45, 2.75) is 243 Å². The largest absolute Gasteiger partial charge is 0.481 e. The number of nitrogens with two attached hydrogens (primary N) is 14. The molecule has 21 nitrogen and oxygen atoms in total. The van der Waals surface area contributed by atoms with Crippen LogP contribution in [-0.4, -0.2) is 137 Å². The van der Waals surface area contributed by atoms with E-state index in [4.69, 9.17) is 110 Å². The number of carbonyl (C=O) groups excluding carboxylic acids is 5. The Morgan fingerprint density at radius 2 is 0.607 bits per heavy atom. The Balaban J connectivity index is -0.000000166. The van der Waals surface area contributed by atoms with Crippen LogP contribution < -0.4 is 80.3 Å². The molecule has 0 bridgehead atoms. The first-order chi connectivity index (χ1) is 38.5. The molecule has 0 saturated heterocycles. The van der Waals surface area contributed by atoms with Gasteiger partial charge in [0.25, 0.3) is 0 Å². The molecule has 0 aromatic heterocycles. The van der Waals surface area contributed by atoms with Crippen LogP contribution in [0.5, 0.6) is 0 Å². The number of carboxylic acid groups (broad SMARTS) is 1. The molecule has 0 saturated carbocycles. The minimum atomic E-state index is -0.810. The molecule has 0 fully saturated rings. The molecular formula is C61H134N14O7S2. The Hall–Kier alpha value is -2.56. The van der Waals surface area contributed by atoms with Crippen molar-refractivity contribution in [1.82, 2.24) is 0 Å². The summed E-state index contributed by atoms with van der Waals surface area (Å²) >= 11 is 10.3. The molecule has 0 amide bonds. The zero-order valence-electron chi connectivity index (χ0n) is 55.9. The van der Waals surface area contributed by atoms with E-state index in [0.29, 0.717) is 104 Å². The van der Waals surface area contributed by atoms with E-state index in [0.717, 1.165) is 36.5 Å². The van der Waals surface area contributed by atoms with Crippen LogP contribution in [0.1, 0.15) is 195 Å². The second-order valence-corrected chi connectivity index (χ2v) is 26.4. The lowest BCUT2D eigenvalue weighted by molar-refractivity contribution is -0.142. The Kier molecular flexibility index (Phi) is 65.8. The standard InChI is InChI=1S/C11H24N2O.C10H20N2O2S.C10H22N2O.C10H22N2S.2C7H16N2O.C6H14N2O/c1-7(2)5-8(3)6-10(14)11(13)9(4)12;1-6(2)3-7(10(13)14)4-9(15)8(12)5-11;2*1-7(2)4-8(3)5-10(13)9(12)6-11;2*1-5(2)3-7(10)6(9)4-8;1-2-3-6(9)5(8)4-7/h7-9,11H,5-6,12-13H2,1-4H3;6-8H,3-5,11-12H2,1-2H3,(H,13,14);2*7-9H,4-6,11-12H2,1-3H3;2*5-6H,3-4,8-9H2,1-2H3;5H,2-4,7-8H2,1H3/t8-,9+,11+;7-,8+;2*8-,9+;2*6-;5-/m1111100/s1. The van der Waals surface area contributed by atoms with Crippen LogP contribution >= 0.6 is 24.4 Å². The molecule has 0 rings (SSSR count). The van der Waals surface area contributed by atoms with Crippen LogP contribution in [0.4, 0.5) is 0 Å². The summed E-state index contributed by atoms with van der Waals surface area (Å²) in [6.45, 7) is 36.9. The van der Waals surface area contributed by atoms with Gasteiger partial charge in [-0.1, -0.05) is 135 Å². The summed E-state index contributed by atoms with van der Waals surface area (Å²) in [6, 6.07) is -3.01. The first-order valence-electron chi connectivity index (χ1n) is 30.7. The second kappa shape index (κ2) is 58.1. The zero-order chi connectivity index (χ0) is 67.7. The quantitative estimate of drug-likeness (QED) is 0.0389. The van der Waals surface area contributed by atoms with Gasteiger partial charge in [0.15, 0.2) is 28.9 Å². The molecule has 29 N–H and O–H groups in total. The summed E-state index contributed by atoms with van der Waals surface area (Å²) in [6.07, 6.45) is 8.86. The van der Waals surface area contributed by atoms with Gasteiger partial charge in [-0.2, -0.15) is 0 Å². The third-order valence-corrected chi connectivity index (χ3v) is 13.4. The Bertz CT molecular complexity index is 1650. The van der Waals surface area contributed by atoms with E-state index in [-0.39, 0.29) is 79.8 Å². The molecule has 0 aliphatic heterocycles. The van der Waals surface area contributed by atoms with Crippen LogP contribution in [0.15, 0.2) is 0 Å². The summed E-state index contributed by atoms with van der Waals surface area (Å²) < 4.78 is 0. The Labute approximate surface area is 522 Å². The van der Waals surface area contributed by atoms with Crippen molar-refractivity contribution in [2.24, 2.45) is 139 Å². The summed E-state index contributed by atoms with van der Waals surface area (Å²) in [5.74, 6) is 3.69. The topological polar surface area (TPSA) is 487 Å². The van der Waals surface area contributed by atoms with Crippen molar-refractivity contribution < 1.29 is 33.9 Å². The zero-order valence-corrected chi connectivity index (χ0v) is 57.5. The first-order valence-corrected chi connectivity index (χ1v) is 31.5. The van der Waals surface area contributed by atoms with Gasteiger partial charge in [-0.3, -0.25) is 28.8 Å². The monoisotopic (exact) mass is 1240 g/mol. The van der Waals surface area contributed by atoms with Crippen molar-refractivity contribution in [1.29, 1.82) is 0 Å². The minimum absolute atomic E-state index is 0.0671. The van der Waals surface area contributed by atoms with Gasteiger partial charge < -0.3 is 85.4 Å². The highest BCUT2D eigenvalue weighted by Gasteiger charge is 2.23. The predicted octanol–water partition coefficient (Wildman–Crippen LogP) is 4.13. The molecule has 0 aliphatic carbocycles. The van der Waals surface area contributed by atoms with Crippen LogP contribution in [0.25, 0.3) is 0 Å². The minimum Gasteiger partial charge on any atom is -0.481 e. The van der Waals surface area contributed by atoms with Crippen molar-refractivity contribution >= 4 is 69.1 Å². The molecule has 502 valence electrons. The molecule has 0 aromatic rings. The van der Waals surface area contributed by atoms with Gasteiger partial charge in [0.1, 0.15) is 0 Å². The molecule has 0 unspecified atom stereocenters. The highest BCUT2D eigenvalue weighted by Crippen LogP contribution is 2.19. The molecule has 0 heterocycles. The Morgan fingerprint density at radius 3 is 0.857 bits per heavy atom. The van der Waals surface area contributed by atoms with E-state index in [1.807, 2.05) is 48.5 Å². The number of aliphatic carboxylic acids is 1. The molecule has 23 heteroatoms. The predicted molar refractivity (Wildman–Crippen MR) is 363 cm³/mol. The molecule has 0 aliphatic rings.